The van der Waals surface area contributed by atoms with Crippen molar-refractivity contribution in [1.29, 1.82) is 0 Å². The van der Waals surface area contributed by atoms with Crippen molar-refractivity contribution in [1.82, 2.24) is 24.5 Å². The molecule has 0 saturated carbocycles. The maximum atomic E-state index is 13.4. The number of carbonyl (C=O) groups is 1. The van der Waals surface area contributed by atoms with E-state index in [1.165, 1.54) is 0 Å². The van der Waals surface area contributed by atoms with Crippen LogP contribution in [0, 0.1) is 0 Å². The third-order valence-electron chi connectivity index (χ3n) is 7.16. The van der Waals surface area contributed by atoms with E-state index in [0.717, 1.165) is 35.6 Å². The molecule has 0 aliphatic carbocycles. The minimum Gasteiger partial charge on any atom is -0.386 e. The molecular formula is C28H34N6O2S. The first-order valence-electron chi connectivity index (χ1n) is 12.9. The van der Waals surface area contributed by atoms with E-state index in [4.69, 9.17) is 9.97 Å². The highest BCUT2D eigenvalue weighted by molar-refractivity contribution is 7.13. The summed E-state index contributed by atoms with van der Waals surface area (Å²) in [6.07, 6.45) is 4.93. The number of hydrogen-bond acceptors (Lipinski definition) is 8. The molecule has 0 bridgehead atoms. The van der Waals surface area contributed by atoms with Gasteiger partial charge >= 0.3 is 0 Å². The number of ketones is 1. The van der Waals surface area contributed by atoms with Gasteiger partial charge < -0.3 is 14.9 Å². The van der Waals surface area contributed by atoms with Crippen molar-refractivity contribution in [3.8, 4) is 21.8 Å². The number of rotatable bonds is 10. The fraction of sp³-hybridized carbons (Fsp3) is 0.429. The van der Waals surface area contributed by atoms with Gasteiger partial charge in [0.2, 0.25) is 0 Å². The molecule has 4 aromatic rings. The monoisotopic (exact) mass is 518 g/mol. The van der Waals surface area contributed by atoms with E-state index >= 15 is 0 Å². The lowest BCUT2D eigenvalue weighted by molar-refractivity contribution is 0.0305. The van der Waals surface area contributed by atoms with Gasteiger partial charge in [0.05, 0.1) is 33.6 Å². The maximum Gasteiger partial charge on any atom is 0.165 e. The molecule has 1 N–H and O–H groups in total. The number of aliphatic hydroxyl groups is 1. The van der Waals surface area contributed by atoms with Crippen LogP contribution in [0.2, 0.25) is 0 Å². The lowest BCUT2D eigenvalue weighted by Crippen LogP contribution is -2.60. The van der Waals surface area contributed by atoms with Gasteiger partial charge in [0.15, 0.2) is 11.4 Å². The quantitative estimate of drug-likeness (QED) is 0.302. The first-order valence-corrected chi connectivity index (χ1v) is 13.8. The zero-order chi connectivity index (χ0) is 26.2. The molecule has 0 unspecified atom stereocenters. The van der Waals surface area contributed by atoms with E-state index < -0.39 is 5.60 Å². The summed E-state index contributed by atoms with van der Waals surface area (Å²) in [5, 5.41) is 16.8. The Bertz CT molecular complexity index is 1390. The van der Waals surface area contributed by atoms with Crippen LogP contribution in [0.3, 0.4) is 0 Å². The lowest BCUT2D eigenvalue weighted by atomic mass is 9.96. The number of pyridine rings is 1. The summed E-state index contributed by atoms with van der Waals surface area (Å²) in [7, 11) is 0. The van der Waals surface area contributed by atoms with Crippen LogP contribution in [0.4, 0.5) is 5.82 Å². The van der Waals surface area contributed by atoms with E-state index in [1.807, 2.05) is 53.7 Å². The summed E-state index contributed by atoms with van der Waals surface area (Å²) in [5.41, 5.74) is 2.89. The third-order valence-corrected chi connectivity index (χ3v) is 8.06. The highest BCUT2D eigenvalue weighted by Gasteiger charge is 2.37. The van der Waals surface area contributed by atoms with Crippen LogP contribution in [0.1, 0.15) is 50.9 Å². The van der Waals surface area contributed by atoms with E-state index in [9.17, 15) is 9.90 Å². The summed E-state index contributed by atoms with van der Waals surface area (Å²) in [5.74, 6) is 0.790. The Balaban J connectivity index is 1.50. The van der Waals surface area contributed by atoms with Crippen LogP contribution < -0.4 is 4.90 Å². The Morgan fingerprint density at radius 3 is 2.65 bits per heavy atom. The third kappa shape index (κ3) is 5.30. The molecule has 1 saturated heterocycles. The van der Waals surface area contributed by atoms with Crippen LogP contribution >= 0.6 is 11.3 Å². The number of nitrogens with zero attached hydrogens (tertiary/aromatic N) is 6. The maximum absolute atomic E-state index is 13.4. The molecule has 194 valence electrons. The second-order valence-electron chi connectivity index (χ2n) is 10.1. The normalized spacial score (nSPS) is 15.8. The van der Waals surface area contributed by atoms with Crippen LogP contribution in [0.25, 0.3) is 27.5 Å². The minimum atomic E-state index is -0.747. The molecule has 1 aliphatic heterocycles. The number of anilines is 1. The highest BCUT2D eigenvalue weighted by atomic mass is 32.1. The lowest BCUT2D eigenvalue weighted by Gasteiger charge is -2.45. The molecule has 1 atom stereocenters. The number of carbonyl (C=O) groups excluding carboxylic acids is 1. The number of fused-ring (bicyclic) bond motifs is 1. The topological polar surface area (TPSA) is 86.9 Å². The number of Topliss-reactive ketones (excluding diaryl/α,β-unsaturated/α-hetero) is 1. The summed E-state index contributed by atoms with van der Waals surface area (Å²) >= 11 is 1.64. The molecule has 8 nitrogen and oxygen atoms in total. The van der Waals surface area contributed by atoms with Crippen molar-refractivity contribution in [3.05, 3.63) is 53.7 Å². The van der Waals surface area contributed by atoms with Gasteiger partial charge in [0, 0.05) is 37.3 Å². The Morgan fingerprint density at radius 2 is 1.97 bits per heavy atom. The van der Waals surface area contributed by atoms with Crippen LogP contribution in [-0.2, 0) is 0 Å². The van der Waals surface area contributed by atoms with E-state index in [1.54, 1.807) is 22.0 Å². The second-order valence-corrected chi connectivity index (χ2v) is 11.0. The first-order chi connectivity index (χ1) is 17.8. The Hall–Kier alpha value is -3.14. The van der Waals surface area contributed by atoms with Crippen molar-refractivity contribution < 1.29 is 9.90 Å². The molecule has 1 fully saturated rings. The van der Waals surface area contributed by atoms with Gasteiger partial charge in [-0.25, -0.2) is 14.5 Å². The minimum absolute atomic E-state index is 0.0971. The van der Waals surface area contributed by atoms with E-state index in [2.05, 4.69) is 30.8 Å². The van der Waals surface area contributed by atoms with Gasteiger partial charge in [-0.15, -0.1) is 11.3 Å². The number of β-amino-alcohol motifs (C(OH)–C–C–N with tert-alkyl or cyclic N) is 1. The summed E-state index contributed by atoms with van der Waals surface area (Å²) in [6, 6.07) is 10.1. The van der Waals surface area contributed by atoms with Crippen molar-refractivity contribution in [3.63, 3.8) is 0 Å². The van der Waals surface area contributed by atoms with Gasteiger partial charge in [-0.3, -0.25) is 4.79 Å². The van der Waals surface area contributed by atoms with Gasteiger partial charge in [-0.2, -0.15) is 5.10 Å². The van der Waals surface area contributed by atoms with Crippen LogP contribution in [0.15, 0.2) is 48.1 Å². The molecule has 9 heteroatoms. The average molecular weight is 519 g/mol. The van der Waals surface area contributed by atoms with Crippen molar-refractivity contribution in [2.24, 2.45) is 0 Å². The molecule has 0 spiro atoms. The predicted molar refractivity (Wildman–Crippen MR) is 148 cm³/mol. The smallest absolute Gasteiger partial charge is 0.165 e. The molecular weight excluding hydrogens is 484 g/mol. The average Bonchev–Trinajstić information content (AvgIpc) is 3.56. The van der Waals surface area contributed by atoms with Crippen molar-refractivity contribution in [2.45, 2.75) is 52.2 Å². The molecule has 1 aliphatic rings. The Morgan fingerprint density at radius 1 is 1.19 bits per heavy atom. The number of thiophene rings is 1. The molecule has 0 radical (unpaired) electrons. The van der Waals surface area contributed by atoms with Crippen molar-refractivity contribution >= 4 is 28.6 Å². The zero-order valence-electron chi connectivity index (χ0n) is 21.9. The van der Waals surface area contributed by atoms with Gasteiger partial charge in [0.1, 0.15) is 5.82 Å². The van der Waals surface area contributed by atoms with Gasteiger partial charge in [-0.1, -0.05) is 19.9 Å². The molecule has 37 heavy (non-hydrogen) atoms. The zero-order valence-corrected chi connectivity index (χ0v) is 22.7. The van der Waals surface area contributed by atoms with Gasteiger partial charge in [-0.05, 0) is 63.0 Å². The van der Waals surface area contributed by atoms with Crippen LogP contribution in [0.5, 0.6) is 0 Å². The van der Waals surface area contributed by atoms with Gasteiger partial charge in [0.25, 0.3) is 0 Å². The fourth-order valence-corrected chi connectivity index (χ4v) is 5.74. The molecule has 4 aromatic heterocycles. The fourth-order valence-electron chi connectivity index (χ4n) is 5.04. The summed E-state index contributed by atoms with van der Waals surface area (Å²) in [6.45, 7) is 11.2. The Labute approximate surface area is 221 Å². The summed E-state index contributed by atoms with van der Waals surface area (Å²) in [4.78, 5) is 28.6. The predicted octanol–water partition coefficient (Wildman–Crippen LogP) is 4.78. The standard InChI is InChI=1S/C28H34N6O2S/c1-5-32(6-2)19(3)9-10-24(35)20-14-23(30-26(15-20)33-17-28(4,36)18-33)21-16-29-34-12-11-22(31-27(21)34)25-8-7-13-37-25/h7-8,11-16,19,36H,5-6,9-10,17-18H2,1-4H3/t19-/m0/s1. The molecule has 5 heterocycles. The van der Waals surface area contributed by atoms with Crippen LogP contribution in [-0.4, -0.2) is 73.2 Å². The van der Waals surface area contributed by atoms with E-state index in [0.29, 0.717) is 48.3 Å². The largest absolute Gasteiger partial charge is 0.386 e. The molecule has 0 aromatic carbocycles. The van der Waals surface area contributed by atoms with Crippen molar-refractivity contribution in [2.75, 3.05) is 31.1 Å². The second kappa shape index (κ2) is 10.3. The highest BCUT2D eigenvalue weighted by Crippen LogP contribution is 2.32. The number of hydrogen-bond donors (Lipinski definition) is 1. The SMILES string of the molecule is CCN(CC)[C@@H](C)CCC(=O)c1cc(-c2cnn3ccc(-c4cccs4)nc23)nc(N2CC(C)(O)C2)c1. The summed E-state index contributed by atoms with van der Waals surface area (Å²) < 4.78 is 1.74. The molecule has 5 rings (SSSR count). The number of aromatic nitrogens is 4. The Kier molecular flexibility index (Phi) is 7.11. The molecule has 0 amide bonds. The first kappa shape index (κ1) is 25.5. The van der Waals surface area contributed by atoms with E-state index in [-0.39, 0.29) is 5.78 Å².